The van der Waals surface area contributed by atoms with Gasteiger partial charge in [-0.25, -0.2) is 0 Å². The Labute approximate surface area is 53.4 Å². The molecule has 0 aromatic carbocycles. The van der Waals surface area contributed by atoms with E-state index in [1.807, 2.05) is 0 Å². The normalized spacial score (nSPS) is 11.3. The van der Waals surface area contributed by atoms with Crippen molar-refractivity contribution in [1.82, 2.24) is 0 Å². The molecule has 5 nitrogen and oxygen atoms in total. The minimum atomic E-state index is -2.17. The fourth-order valence-corrected chi connectivity index (χ4v) is 0. The maximum absolute atomic E-state index is 8.11. The van der Waals surface area contributed by atoms with Gasteiger partial charge in [0, 0.05) is 0 Å². The van der Waals surface area contributed by atoms with E-state index in [0.717, 1.165) is 0 Å². The monoisotopic (exact) mass is 138 g/mol. The van der Waals surface area contributed by atoms with Crippen molar-refractivity contribution in [3.8, 4) is 0 Å². The van der Waals surface area contributed by atoms with Crippen LogP contribution in [-0.4, -0.2) is 45.3 Å². The van der Waals surface area contributed by atoms with Crippen LogP contribution in [0, 0.1) is 0 Å². The third-order valence-electron chi connectivity index (χ3n) is 0.264. The summed E-state index contributed by atoms with van der Waals surface area (Å²) >= 11 is 0. The van der Waals surface area contributed by atoms with Crippen molar-refractivity contribution in [1.29, 1.82) is 0 Å². The van der Waals surface area contributed by atoms with Gasteiger partial charge in [-0.3, -0.25) is 0 Å². The Hall–Kier alpha value is -0.135. The van der Waals surface area contributed by atoms with Gasteiger partial charge < -0.3 is 25.3 Å². The first-order valence-corrected chi connectivity index (χ1v) is 2.33. The molecule has 0 heterocycles. The van der Waals surface area contributed by atoms with Gasteiger partial charge in [-0.1, -0.05) is 0 Å². The van der Waals surface area contributed by atoms with Crippen LogP contribution in [0.2, 0.25) is 0 Å². The number of aliphatic hydroxyl groups is 2. The average Bonchev–Trinajstić information content (AvgIpc) is 1.65. The van der Waals surface area contributed by atoms with Gasteiger partial charge in [-0.05, 0) is 6.92 Å². The second-order valence-corrected chi connectivity index (χ2v) is 1.38. The van der Waals surface area contributed by atoms with E-state index in [9.17, 15) is 0 Å². The minimum Gasteiger partial charge on any atom is -0.402 e. The van der Waals surface area contributed by atoms with Gasteiger partial charge in [0.2, 0.25) is 0 Å². The van der Waals surface area contributed by atoms with Crippen molar-refractivity contribution in [2.75, 3.05) is 6.61 Å². The van der Waals surface area contributed by atoms with E-state index in [2.05, 4.69) is 0 Å². The van der Waals surface area contributed by atoms with E-state index in [0.29, 0.717) is 0 Å². The Bertz CT molecular complexity index is 44.7. The molecule has 0 spiro atoms. The number of aliphatic hydroxyl groups excluding tert-OH is 2. The van der Waals surface area contributed by atoms with E-state index < -0.39 is 13.4 Å². The zero-order valence-corrected chi connectivity index (χ0v) is 5.10. The summed E-state index contributed by atoms with van der Waals surface area (Å²) in [5.74, 6) is 0. The number of hydrogen-bond donors (Lipinski definition) is 5. The lowest BCUT2D eigenvalue weighted by molar-refractivity contribution is 0.110. The quantitative estimate of drug-likeness (QED) is 0.254. The topological polar surface area (TPSA) is 101 Å². The molecule has 0 rings (SSSR count). The van der Waals surface area contributed by atoms with Gasteiger partial charge in [0.15, 0.2) is 0 Å². The molecule has 0 saturated heterocycles. The minimum absolute atomic E-state index is 0.139. The summed E-state index contributed by atoms with van der Waals surface area (Å²) in [5.41, 5.74) is 0. The lowest BCUT2D eigenvalue weighted by Crippen LogP contribution is -2.07. The standard InChI is InChI=1S/C3H8O2.BH3O3/c1-3(5)2-4;2-1(3)4/h3-5H,2H2,1H3;2-4H. The van der Waals surface area contributed by atoms with Crippen molar-refractivity contribution < 1.29 is 25.3 Å². The second kappa shape index (κ2) is 7.86. The summed E-state index contributed by atoms with van der Waals surface area (Å²) < 4.78 is 0. The van der Waals surface area contributed by atoms with Gasteiger partial charge in [0.05, 0.1) is 12.7 Å². The summed E-state index contributed by atoms with van der Waals surface area (Å²) in [6.07, 6.45) is -0.560. The molecule has 9 heavy (non-hydrogen) atoms. The van der Waals surface area contributed by atoms with Crippen LogP contribution >= 0.6 is 0 Å². The first kappa shape index (κ1) is 11.6. The zero-order chi connectivity index (χ0) is 7.86. The summed E-state index contributed by atoms with van der Waals surface area (Å²) in [6.45, 7) is 1.39. The predicted molar refractivity (Wildman–Crippen MR) is 31.2 cm³/mol. The van der Waals surface area contributed by atoms with Crippen molar-refractivity contribution in [3.05, 3.63) is 0 Å². The van der Waals surface area contributed by atoms with Crippen LogP contribution in [0.4, 0.5) is 0 Å². The Kier molecular flexibility index (Phi) is 10.2. The van der Waals surface area contributed by atoms with Crippen LogP contribution in [0.1, 0.15) is 6.92 Å². The molecule has 56 valence electrons. The molecule has 0 fully saturated rings. The van der Waals surface area contributed by atoms with E-state index in [1.54, 1.807) is 0 Å². The Morgan fingerprint density at radius 2 is 1.44 bits per heavy atom. The Morgan fingerprint density at radius 3 is 1.44 bits per heavy atom. The van der Waals surface area contributed by atoms with Crippen molar-refractivity contribution >= 4 is 7.32 Å². The SMILES string of the molecule is CC(O)CO.OB(O)O. The molecule has 0 aromatic heterocycles. The van der Waals surface area contributed by atoms with Gasteiger partial charge in [-0.15, -0.1) is 0 Å². The van der Waals surface area contributed by atoms with E-state index in [4.69, 9.17) is 25.3 Å². The Balaban J connectivity index is 0. The van der Waals surface area contributed by atoms with E-state index in [1.165, 1.54) is 6.92 Å². The van der Waals surface area contributed by atoms with Crippen LogP contribution in [0.3, 0.4) is 0 Å². The summed E-state index contributed by atoms with van der Waals surface area (Å²) in [7, 11) is -2.17. The van der Waals surface area contributed by atoms with Gasteiger partial charge >= 0.3 is 7.32 Å². The highest BCUT2D eigenvalue weighted by atomic mass is 16.5. The van der Waals surface area contributed by atoms with Gasteiger partial charge in [-0.2, -0.15) is 0 Å². The third kappa shape index (κ3) is 77.8. The summed E-state index contributed by atoms with van der Waals surface area (Å²) in [6, 6.07) is 0. The molecule has 0 saturated carbocycles. The average molecular weight is 138 g/mol. The first-order valence-electron chi connectivity index (χ1n) is 2.33. The second-order valence-electron chi connectivity index (χ2n) is 1.38. The molecule has 5 N–H and O–H groups in total. The molecular weight excluding hydrogens is 127 g/mol. The molecule has 0 amide bonds. The summed E-state index contributed by atoms with van der Waals surface area (Å²) in [4.78, 5) is 0. The molecule has 0 aromatic rings. The lowest BCUT2D eigenvalue weighted by Gasteiger charge is -1.90. The third-order valence-corrected chi connectivity index (χ3v) is 0.264. The van der Waals surface area contributed by atoms with Crippen molar-refractivity contribution in [2.45, 2.75) is 13.0 Å². The van der Waals surface area contributed by atoms with E-state index in [-0.39, 0.29) is 6.61 Å². The zero-order valence-electron chi connectivity index (χ0n) is 5.10. The predicted octanol–water partition coefficient (Wildman–Crippen LogP) is -2.69. The molecule has 1 atom stereocenters. The van der Waals surface area contributed by atoms with Crippen LogP contribution in [-0.2, 0) is 0 Å². The fourth-order valence-electron chi connectivity index (χ4n) is 0. The molecular formula is C3H11BO5. The maximum atomic E-state index is 8.11. The molecule has 0 bridgehead atoms. The fraction of sp³-hybridized carbons (Fsp3) is 1.00. The van der Waals surface area contributed by atoms with Crippen LogP contribution < -0.4 is 0 Å². The molecule has 0 radical (unpaired) electrons. The maximum Gasteiger partial charge on any atom is 0.631 e. The van der Waals surface area contributed by atoms with Gasteiger partial charge in [0.1, 0.15) is 0 Å². The number of rotatable bonds is 1. The Morgan fingerprint density at radius 1 is 1.33 bits per heavy atom. The molecule has 6 heteroatoms. The highest BCUT2D eigenvalue weighted by Gasteiger charge is 1.92. The molecule has 0 aliphatic carbocycles. The smallest absolute Gasteiger partial charge is 0.402 e. The number of hydrogen-bond acceptors (Lipinski definition) is 5. The van der Waals surface area contributed by atoms with Crippen molar-refractivity contribution in [2.24, 2.45) is 0 Å². The summed E-state index contributed by atoms with van der Waals surface area (Å²) in [5, 5.41) is 37.5. The van der Waals surface area contributed by atoms with Crippen LogP contribution in [0.5, 0.6) is 0 Å². The van der Waals surface area contributed by atoms with Crippen LogP contribution in [0.25, 0.3) is 0 Å². The van der Waals surface area contributed by atoms with Gasteiger partial charge in [0.25, 0.3) is 0 Å². The van der Waals surface area contributed by atoms with Crippen LogP contribution in [0.15, 0.2) is 0 Å². The lowest BCUT2D eigenvalue weighted by atomic mass is 10.3. The van der Waals surface area contributed by atoms with Crippen molar-refractivity contribution in [3.63, 3.8) is 0 Å². The largest absolute Gasteiger partial charge is 0.631 e. The molecule has 0 aliphatic rings. The first-order chi connectivity index (χ1) is 4.00. The molecule has 0 aliphatic heterocycles. The molecule has 1 unspecified atom stereocenters. The van der Waals surface area contributed by atoms with E-state index >= 15 is 0 Å². The highest BCUT2D eigenvalue weighted by molar-refractivity contribution is 6.30. The highest BCUT2D eigenvalue weighted by Crippen LogP contribution is 1.68.